The Morgan fingerprint density at radius 1 is 1.12 bits per heavy atom. The summed E-state index contributed by atoms with van der Waals surface area (Å²) < 4.78 is 21.3. The molecule has 0 fully saturated rings. The number of benzene rings is 2. The van der Waals surface area contributed by atoms with Crippen LogP contribution in [-0.4, -0.2) is 52.4 Å². The van der Waals surface area contributed by atoms with Crippen LogP contribution in [-0.2, 0) is 11.3 Å². The molecular weight excluding hydrogens is 433 g/mol. The van der Waals surface area contributed by atoms with Crippen molar-refractivity contribution >= 4 is 11.8 Å². The van der Waals surface area contributed by atoms with Gasteiger partial charge in [-0.1, -0.05) is 12.1 Å². The van der Waals surface area contributed by atoms with Crippen LogP contribution in [0.4, 0.5) is 4.39 Å². The van der Waals surface area contributed by atoms with Crippen molar-refractivity contribution in [1.29, 1.82) is 0 Å². The summed E-state index contributed by atoms with van der Waals surface area (Å²) >= 11 is 0. The molecule has 2 heterocycles. The minimum Gasteiger partial charge on any atom is -0.497 e. The van der Waals surface area contributed by atoms with Crippen LogP contribution in [0.5, 0.6) is 5.75 Å². The maximum atomic E-state index is 13.7. The number of fused-ring (bicyclic) bond motifs is 1. The Kier molecular flexibility index (Phi) is 6.72. The Morgan fingerprint density at radius 3 is 2.62 bits per heavy atom. The molecule has 1 atom stereocenters. The maximum Gasteiger partial charge on any atom is 0.254 e. The minimum absolute atomic E-state index is 0.0614. The van der Waals surface area contributed by atoms with Crippen molar-refractivity contribution in [3.05, 3.63) is 89.0 Å². The molecule has 0 bridgehead atoms. The average Bonchev–Trinajstić information content (AvgIpc) is 3.31. The van der Waals surface area contributed by atoms with E-state index in [4.69, 9.17) is 4.74 Å². The lowest BCUT2D eigenvalue weighted by atomic mass is 9.99. The summed E-state index contributed by atoms with van der Waals surface area (Å²) in [4.78, 5) is 30.3. The van der Waals surface area contributed by atoms with Gasteiger partial charge in [-0.15, -0.1) is 0 Å². The molecular formula is C27H30FN3O3. The second-order valence-electron chi connectivity index (χ2n) is 8.88. The van der Waals surface area contributed by atoms with Gasteiger partial charge in [0.1, 0.15) is 18.1 Å². The van der Waals surface area contributed by atoms with Gasteiger partial charge in [-0.3, -0.25) is 9.59 Å². The van der Waals surface area contributed by atoms with Gasteiger partial charge in [0, 0.05) is 36.6 Å². The number of aryl methyl sites for hydroxylation is 1. The quantitative estimate of drug-likeness (QED) is 0.544. The molecule has 1 aliphatic rings. The summed E-state index contributed by atoms with van der Waals surface area (Å²) in [6.07, 6.45) is 2.02. The fourth-order valence-corrected chi connectivity index (χ4v) is 4.48. The van der Waals surface area contributed by atoms with Crippen LogP contribution in [0.15, 0.2) is 60.8 Å². The lowest BCUT2D eigenvalue weighted by Gasteiger charge is -2.39. The van der Waals surface area contributed by atoms with Crippen molar-refractivity contribution in [2.24, 2.45) is 0 Å². The Labute approximate surface area is 199 Å². The molecule has 0 saturated carbocycles. The Bertz CT molecular complexity index is 1200. The van der Waals surface area contributed by atoms with E-state index in [1.165, 1.54) is 18.2 Å². The lowest BCUT2D eigenvalue weighted by Crippen LogP contribution is -2.49. The molecule has 7 heteroatoms. The third-order valence-electron chi connectivity index (χ3n) is 6.36. The van der Waals surface area contributed by atoms with E-state index < -0.39 is 0 Å². The summed E-state index contributed by atoms with van der Waals surface area (Å²) in [5, 5.41) is 0. The van der Waals surface area contributed by atoms with E-state index >= 15 is 0 Å². The molecule has 4 rings (SSSR count). The number of hydrogen-bond acceptors (Lipinski definition) is 3. The second-order valence-corrected chi connectivity index (χ2v) is 8.88. The third kappa shape index (κ3) is 4.55. The molecule has 178 valence electrons. The summed E-state index contributed by atoms with van der Waals surface area (Å²) in [7, 11) is 1.62. The Morgan fingerprint density at radius 2 is 1.91 bits per heavy atom. The first-order chi connectivity index (χ1) is 16.3. The first-order valence-electron chi connectivity index (χ1n) is 11.5. The summed E-state index contributed by atoms with van der Waals surface area (Å²) in [6.45, 7) is 6.52. The van der Waals surface area contributed by atoms with Gasteiger partial charge >= 0.3 is 0 Å². The van der Waals surface area contributed by atoms with E-state index in [0.717, 1.165) is 17.0 Å². The molecule has 1 aromatic heterocycles. The number of amides is 2. The fourth-order valence-electron chi connectivity index (χ4n) is 4.48. The van der Waals surface area contributed by atoms with Gasteiger partial charge in [0.25, 0.3) is 5.91 Å². The molecule has 3 aromatic rings. The fraction of sp³-hybridized carbons (Fsp3) is 0.333. The Hall–Kier alpha value is -3.61. The van der Waals surface area contributed by atoms with E-state index in [1.807, 2.05) is 61.3 Å². The standard InChI is InChI=1S/C27H30FN3O3/c1-18(2)31(27(33)21-10-11-23(28)19(3)15-21)17-25(32)30-14-13-29-12-6-9-24(29)26(30)20-7-5-8-22(16-20)34-4/h5-12,15-16,18,26H,13-14,17H2,1-4H3. The predicted molar refractivity (Wildman–Crippen MR) is 128 cm³/mol. The summed E-state index contributed by atoms with van der Waals surface area (Å²) in [5.41, 5.74) is 2.74. The zero-order valence-corrected chi connectivity index (χ0v) is 20.0. The highest BCUT2D eigenvalue weighted by atomic mass is 19.1. The van der Waals surface area contributed by atoms with Gasteiger partial charge in [-0.05, 0) is 74.4 Å². The van der Waals surface area contributed by atoms with Gasteiger partial charge in [-0.25, -0.2) is 4.39 Å². The van der Waals surface area contributed by atoms with Crippen molar-refractivity contribution in [1.82, 2.24) is 14.4 Å². The normalized spacial score (nSPS) is 15.2. The lowest BCUT2D eigenvalue weighted by molar-refractivity contribution is -0.135. The van der Waals surface area contributed by atoms with Gasteiger partial charge in [0.15, 0.2) is 0 Å². The molecule has 0 N–H and O–H groups in total. The number of carbonyl (C=O) groups excluding carboxylic acids is 2. The van der Waals surface area contributed by atoms with Crippen molar-refractivity contribution in [2.75, 3.05) is 20.2 Å². The predicted octanol–water partition coefficient (Wildman–Crippen LogP) is 4.43. The smallest absolute Gasteiger partial charge is 0.254 e. The first kappa shape index (κ1) is 23.5. The highest BCUT2D eigenvalue weighted by Crippen LogP contribution is 2.34. The molecule has 6 nitrogen and oxygen atoms in total. The van der Waals surface area contributed by atoms with Gasteiger partial charge in [-0.2, -0.15) is 0 Å². The zero-order valence-electron chi connectivity index (χ0n) is 20.0. The van der Waals surface area contributed by atoms with E-state index in [9.17, 15) is 14.0 Å². The Balaban J connectivity index is 1.64. The van der Waals surface area contributed by atoms with Gasteiger partial charge in [0.05, 0.1) is 13.2 Å². The SMILES string of the molecule is COc1cccc(C2c3cccn3CCN2C(=O)CN(C(=O)c2ccc(F)c(C)c2)C(C)C)c1. The number of aromatic nitrogens is 1. The van der Waals surface area contributed by atoms with E-state index in [0.29, 0.717) is 24.2 Å². The topological polar surface area (TPSA) is 54.8 Å². The van der Waals surface area contributed by atoms with E-state index in [-0.39, 0.29) is 36.3 Å². The van der Waals surface area contributed by atoms with Crippen LogP contribution in [0.2, 0.25) is 0 Å². The highest BCUT2D eigenvalue weighted by Gasteiger charge is 2.34. The van der Waals surface area contributed by atoms with Crippen LogP contribution >= 0.6 is 0 Å². The molecule has 0 aliphatic carbocycles. The first-order valence-corrected chi connectivity index (χ1v) is 11.5. The summed E-state index contributed by atoms with van der Waals surface area (Å²) in [6, 6.07) is 15.5. The zero-order chi connectivity index (χ0) is 24.4. The molecule has 2 amide bonds. The number of carbonyl (C=O) groups is 2. The third-order valence-corrected chi connectivity index (χ3v) is 6.36. The molecule has 2 aromatic carbocycles. The maximum absolute atomic E-state index is 13.7. The number of ether oxygens (including phenoxy) is 1. The minimum atomic E-state index is -0.360. The number of hydrogen-bond donors (Lipinski definition) is 0. The van der Waals surface area contributed by atoms with Crippen LogP contribution in [0, 0.1) is 12.7 Å². The van der Waals surface area contributed by atoms with Crippen LogP contribution < -0.4 is 4.74 Å². The molecule has 1 unspecified atom stereocenters. The van der Waals surface area contributed by atoms with Gasteiger partial charge < -0.3 is 19.1 Å². The average molecular weight is 464 g/mol. The van der Waals surface area contributed by atoms with E-state index in [1.54, 1.807) is 18.9 Å². The molecule has 34 heavy (non-hydrogen) atoms. The largest absolute Gasteiger partial charge is 0.497 e. The van der Waals surface area contributed by atoms with E-state index in [2.05, 4.69) is 4.57 Å². The monoisotopic (exact) mass is 463 g/mol. The van der Waals surface area contributed by atoms with Crippen molar-refractivity contribution < 1.29 is 18.7 Å². The van der Waals surface area contributed by atoms with Crippen LogP contribution in [0.3, 0.4) is 0 Å². The van der Waals surface area contributed by atoms with Crippen molar-refractivity contribution in [2.45, 2.75) is 39.4 Å². The molecule has 0 spiro atoms. The molecule has 0 radical (unpaired) electrons. The van der Waals surface area contributed by atoms with Gasteiger partial charge in [0.2, 0.25) is 5.91 Å². The molecule has 0 saturated heterocycles. The number of methoxy groups -OCH3 is 1. The highest BCUT2D eigenvalue weighted by molar-refractivity contribution is 5.97. The second kappa shape index (κ2) is 9.71. The van der Waals surface area contributed by atoms with Crippen LogP contribution in [0.25, 0.3) is 0 Å². The number of nitrogens with zero attached hydrogens (tertiary/aromatic N) is 3. The number of halogens is 1. The number of rotatable bonds is 6. The summed E-state index contributed by atoms with van der Waals surface area (Å²) in [5.74, 6) is -0.0636. The van der Waals surface area contributed by atoms with Crippen molar-refractivity contribution in [3.63, 3.8) is 0 Å². The van der Waals surface area contributed by atoms with Crippen LogP contribution in [0.1, 0.15) is 47.1 Å². The van der Waals surface area contributed by atoms with Crippen molar-refractivity contribution in [3.8, 4) is 5.75 Å². The molecule has 1 aliphatic heterocycles.